The number of hydrogen-bond acceptors (Lipinski definition) is 2. The van der Waals surface area contributed by atoms with Gasteiger partial charge in [-0.1, -0.05) is 53.2 Å². The Hall–Kier alpha value is -1.68. The predicted octanol–water partition coefficient (Wildman–Crippen LogP) is 6.09. The van der Waals surface area contributed by atoms with Crippen LogP contribution in [0.15, 0.2) is 65.8 Å². The molecule has 0 aliphatic carbocycles. The smallest absolute Gasteiger partial charge is 0.121 e. The number of benzene rings is 2. The van der Waals surface area contributed by atoms with Gasteiger partial charge in [0.15, 0.2) is 0 Å². The predicted molar refractivity (Wildman–Crippen MR) is 98.7 cm³/mol. The zero-order valence-corrected chi connectivity index (χ0v) is 14.4. The van der Waals surface area contributed by atoms with Crippen molar-refractivity contribution in [1.29, 1.82) is 0 Å². The Morgan fingerprint density at radius 3 is 2.43 bits per heavy atom. The van der Waals surface area contributed by atoms with Crippen LogP contribution < -0.4 is 0 Å². The van der Waals surface area contributed by atoms with Gasteiger partial charge in [-0.15, -0.1) is 0 Å². The summed E-state index contributed by atoms with van der Waals surface area (Å²) in [6.45, 7) is 0. The third-order valence-corrected chi connectivity index (χ3v) is 5.46. The molecule has 2 nitrogen and oxygen atoms in total. The van der Waals surface area contributed by atoms with Crippen molar-refractivity contribution in [3.63, 3.8) is 0 Å². The van der Waals surface area contributed by atoms with Crippen molar-refractivity contribution in [2.45, 2.75) is 10.8 Å². The first-order chi connectivity index (χ1) is 11.2. The van der Waals surface area contributed by atoms with E-state index in [1.807, 2.05) is 42.5 Å². The van der Waals surface area contributed by atoms with Gasteiger partial charge in [0, 0.05) is 22.0 Å². The fourth-order valence-electron chi connectivity index (χ4n) is 2.61. The second kappa shape index (κ2) is 6.08. The van der Waals surface area contributed by atoms with Crippen molar-refractivity contribution in [3.05, 3.63) is 76.4 Å². The summed E-state index contributed by atoms with van der Waals surface area (Å²) in [6.07, 6.45) is 2.06. The Kier molecular flexibility index (Phi) is 3.93. The van der Waals surface area contributed by atoms with E-state index in [1.165, 1.54) is 0 Å². The lowest BCUT2D eigenvalue weighted by Crippen LogP contribution is -1.94. The summed E-state index contributed by atoms with van der Waals surface area (Å²) in [7, 11) is 0. The van der Waals surface area contributed by atoms with E-state index in [-0.39, 0.29) is 0 Å². The normalized spacial score (nSPS) is 11.4. The number of aromatic nitrogens is 2. The molecule has 0 saturated heterocycles. The Labute approximate surface area is 148 Å². The van der Waals surface area contributed by atoms with E-state index >= 15 is 0 Å². The highest BCUT2D eigenvalue weighted by Gasteiger charge is 2.11. The molecule has 23 heavy (non-hydrogen) atoms. The molecule has 0 bridgehead atoms. The van der Waals surface area contributed by atoms with Crippen LogP contribution >= 0.6 is 35.0 Å². The van der Waals surface area contributed by atoms with Crippen molar-refractivity contribution in [2.24, 2.45) is 0 Å². The number of halogens is 2. The standard InChI is InChI=1S/C18H12Cl2N2S/c19-13-5-3-6-14(20)12(13)11-23-18-17-9-4-10-22(17)16-8-2-1-7-15(16)21-18/h1-10H,11H2. The minimum Gasteiger partial charge on any atom is -0.313 e. The summed E-state index contributed by atoms with van der Waals surface area (Å²) >= 11 is 14.2. The topological polar surface area (TPSA) is 17.3 Å². The van der Waals surface area contributed by atoms with Crippen LogP contribution in [0, 0.1) is 0 Å². The minimum absolute atomic E-state index is 0.685. The third-order valence-electron chi connectivity index (χ3n) is 3.75. The molecule has 2 heterocycles. The minimum atomic E-state index is 0.685. The highest BCUT2D eigenvalue weighted by Crippen LogP contribution is 2.33. The van der Waals surface area contributed by atoms with Gasteiger partial charge in [-0.2, -0.15) is 0 Å². The van der Waals surface area contributed by atoms with Crippen LogP contribution in [-0.4, -0.2) is 9.38 Å². The van der Waals surface area contributed by atoms with Crippen LogP contribution in [0.1, 0.15) is 5.56 Å². The van der Waals surface area contributed by atoms with E-state index in [0.29, 0.717) is 15.8 Å². The van der Waals surface area contributed by atoms with Crippen LogP contribution in [0.3, 0.4) is 0 Å². The van der Waals surface area contributed by atoms with Gasteiger partial charge in [-0.3, -0.25) is 0 Å². The van der Waals surface area contributed by atoms with Crippen LogP contribution in [0.2, 0.25) is 10.0 Å². The molecule has 0 fully saturated rings. The molecule has 0 aliphatic rings. The number of hydrogen-bond donors (Lipinski definition) is 0. The van der Waals surface area contributed by atoms with Crippen LogP contribution in [0.4, 0.5) is 0 Å². The highest BCUT2D eigenvalue weighted by atomic mass is 35.5. The van der Waals surface area contributed by atoms with E-state index in [4.69, 9.17) is 28.2 Å². The van der Waals surface area contributed by atoms with Gasteiger partial charge in [-0.05, 0) is 42.0 Å². The summed E-state index contributed by atoms with van der Waals surface area (Å²) in [5.41, 5.74) is 4.12. The van der Waals surface area contributed by atoms with E-state index in [0.717, 1.165) is 27.1 Å². The van der Waals surface area contributed by atoms with Gasteiger partial charge < -0.3 is 4.40 Å². The molecule has 2 aromatic carbocycles. The van der Waals surface area contributed by atoms with Crippen LogP contribution in [0.25, 0.3) is 16.6 Å². The molecule has 0 spiro atoms. The lowest BCUT2D eigenvalue weighted by molar-refractivity contribution is 1.12. The molecular weight excluding hydrogens is 347 g/mol. The number of nitrogens with zero attached hydrogens (tertiary/aromatic N) is 2. The second-order valence-corrected chi connectivity index (χ2v) is 6.94. The fraction of sp³-hybridized carbons (Fsp3) is 0.0556. The maximum Gasteiger partial charge on any atom is 0.121 e. The molecule has 0 saturated carbocycles. The maximum absolute atomic E-state index is 6.26. The first kappa shape index (κ1) is 14.9. The zero-order valence-electron chi connectivity index (χ0n) is 12.0. The number of fused-ring (bicyclic) bond motifs is 3. The zero-order chi connectivity index (χ0) is 15.8. The average molecular weight is 359 g/mol. The Morgan fingerprint density at radius 2 is 1.61 bits per heavy atom. The van der Waals surface area contributed by atoms with Crippen molar-refractivity contribution < 1.29 is 0 Å². The third kappa shape index (κ3) is 2.69. The molecule has 0 N–H and O–H groups in total. The van der Waals surface area contributed by atoms with Crippen molar-refractivity contribution in [1.82, 2.24) is 9.38 Å². The summed E-state index contributed by atoms with van der Waals surface area (Å²) < 4.78 is 2.17. The second-order valence-electron chi connectivity index (χ2n) is 5.16. The SMILES string of the molecule is Clc1cccc(Cl)c1CSc1nc2ccccc2n2cccc12. The van der Waals surface area contributed by atoms with Crippen molar-refractivity contribution in [2.75, 3.05) is 0 Å². The van der Waals surface area contributed by atoms with Gasteiger partial charge >= 0.3 is 0 Å². The molecule has 0 atom stereocenters. The molecule has 114 valence electrons. The van der Waals surface area contributed by atoms with E-state index in [1.54, 1.807) is 11.8 Å². The quantitative estimate of drug-likeness (QED) is 0.412. The fourth-order valence-corrected chi connectivity index (χ4v) is 4.37. The number of rotatable bonds is 3. The molecule has 2 aromatic heterocycles. The lowest BCUT2D eigenvalue weighted by Gasteiger charge is -2.09. The average Bonchev–Trinajstić information content (AvgIpc) is 3.04. The Morgan fingerprint density at radius 1 is 0.870 bits per heavy atom. The van der Waals surface area contributed by atoms with Crippen LogP contribution in [-0.2, 0) is 5.75 Å². The summed E-state index contributed by atoms with van der Waals surface area (Å²) in [5.74, 6) is 0.685. The van der Waals surface area contributed by atoms with E-state index in [2.05, 4.69) is 22.7 Å². The van der Waals surface area contributed by atoms with E-state index in [9.17, 15) is 0 Å². The van der Waals surface area contributed by atoms with Gasteiger partial charge in [-0.25, -0.2) is 4.98 Å². The molecular formula is C18H12Cl2N2S. The Balaban J connectivity index is 1.77. The number of thioether (sulfide) groups is 1. The number of para-hydroxylation sites is 2. The molecule has 5 heteroatoms. The highest BCUT2D eigenvalue weighted by molar-refractivity contribution is 7.98. The molecule has 4 rings (SSSR count). The Bertz CT molecular complexity index is 990. The molecule has 4 aromatic rings. The van der Waals surface area contributed by atoms with Gasteiger partial charge in [0.25, 0.3) is 0 Å². The summed E-state index contributed by atoms with van der Waals surface area (Å²) in [6, 6.07) is 17.8. The lowest BCUT2D eigenvalue weighted by atomic mass is 10.2. The molecule has 0 aliphatic heterocycles. The largest absolute Gasteiger partial charge is 0.313 e. The molecule has 0 amide bonds. The van der Waals surface area contributed by atoms with Gasteiger partial charge in [0.05, 0.1) is 16.6 Å². The van der Waals surface area contributed by atoms with Gasteiger partial charge in [0.1, 0.15) is 5.03 Å². The van der Waals surface area contributed by atoms with E-state index < -0.39 is 0 Å². The van der Waals surface area contributed by atoms with Crippen LogP contribution in [0.5, 0.6) is 0 Å². The maximum atomic E-state index is 6.26. The monoisotopic (exact) mass is 358 g/mol. The first-order valence-corrected chi connectivity index (χ1v) is 8.90. The van der Waals surface area contributed by atoms with Crippen molar-refractivity contribution in [3.8, 4) is 0 Å². The summed E-state index contributed by atoms with van der Waals surface area (Å²) in [5, 5.41) is 2.36. The van der Waals surface area contributed by atoms with Crippen molar-refractivity contribution >= 4 is 51.5 Å². The molecule has 0 unspecified atom stereocenters. The summed E-state index contributed by atoms with van der Waals surface area (Å²) in [4.78, 5) is 4.81. The first-order valence-electron chi connectivity index (χ1n) is 7.15. The molecule has 0 radical (unpaired) electrons. The van der Waals surface area contributed by atoms with Gasteiger partial charge in [0.2, 0.25) is 0 Å².